The summed E-state index contributed by atoms with van der Waals surface area (Å²) in [5.41, 5.74) is 2.06. The van der Waals surface area contributed by atoms with Crippen LogP contribution >= 0.6 is 23.8 Å². The van der Waals surface area contributed by atoms with Crippen molar-refractivity contribution in [3.63, 3.8) is 0 Å². The first kappa shape index (κ1) is 19.0. The van der Waals surface area contributed by atoms with Crippen LogP contribution in [0.2, 0.25) is 5.02 Å². The molecule has 1 aliphatic heterocycles. The predicted molar refractivity (Wildman–Crippen MR) is 110 cm³/mol. The first-order valence-electron chi connectivity index (χ1n) is 8.91. The third-order valence-corrected chi connectivity index (χ3v) is 5.53. The number of thiocarbonyl (C=S) groups is 1. The molecular weight excluding hydrogens is 366 g/mol. The minimum absolute atomic E-state index is 0.460. The average molecular weight is 390 g/mol. The summed E-state index contributed by atoms with van der Waals surface area (Å²) in [5.74, 6) is 2.19. The molecule has 2 aromatic rings. The molecule has 0 bridgehead atoms. The van der Waals surface area contributed by atoms with E-state index in [0.717, 1.165) is 40.1 Å². The molecule has 1 fully saturated rings. The molecular formula is C21H24ClNO2S. The summed E-state index contributed by atoms with van der Waals surface area (Å²) in [6.07, 6.45) is 2.39. The van der Waals surface area contributed by atoms with E-state index in [1.54, 1.807) is 7.11 Å². The Kier molecular flexibility index (Phi) is 6.38. The summed E-state index contributed by atoms with van der Waals surface area (Å²) >= 11 is 11.6. The van der Waals surface area contributed by atoms with Crippen molar-refractivity contribution in [2.75, 3.05) is 20.2 Å². The number of piperidine rings is 1. The van der Waals surface area contributed by atoms with E-state index in [4.69, 9.17) is 33.3 Å². The van der Waals surface area contributed by atoms with Crippen LogP contribution in [0.1, 0.15) is 30.9 Å². The smallest absolute Gasteiger partial charge is 0.161 e. The van der Waals surface area contributed by atoms with Crippen molar-refractivity contribution in [1.29, 1.82) is 0 Å². The topological polar surface area (TPSA) is 21.7 Å². The molecule has 0 aromatic heterocycles. The molecule has 1 saturated heterocycles. The van der Waals surface area contributed by atoms with Crippen LogP contribution in [0.3, 0.4) is 0 Å². The van der Waals surface area contributed by atoms with Crippen LogP contribution in [0.5, 0.6) is 11.5 Å². The first-order chi connectivity index (χ1) is 12.6. The van der Waals surface area contributed by atoms with E-state index >= 15 is 0 Å². The molecule has 0 amide bonds. The highest BCUT2D eigenvalue weighted by Crippen LogP contribution is 2.30. The molecule has 0 radical (unpaired) electrons. The normalized spacial score (nSPS) is 15.0. The van der Waals surface area contributed by atoms with Gasteiger partial charge >= 0.3 is 0 Å². The fraction of sp³-hybridized carbons (Fsp3) is 0.381. The van der Waals surface area contributed by atoms with Gasteiger partial charge in [-0.05, 0) is 54.7 Å². The largest absolute Gasteiger partial charge is 0.493 e. The van der Waals surface area contributed by atoms with Gasteiger partial charge in [0.2, 0.25) is 0 Å². The lowest BCUT2D eigenvalue weighted by Crippen LogP contribution is -2.37. The molecule has 5 heteroatoms. The zero-order chi connectivity index (χ0) is 18.5. The lowest BCUT2D eigenvalue weighted by molar-refractivity contribution is 0.282. The molecule has 1 aliphatic rings. The zero-order valence-electron chi connectivity index (χ0n) is 15.2. The molecule has 26 heavy (non-hydrogen) atoms. The second-order valence-corrected chi connectivity index (χ2v) is 7.58. The maximum atomic E-state index is 5.92. The minimum Gasteiger partial charge on any atom is -0.493 e. The number of nitrogens with zero attached hydrogens (tertiary/aromatic N) is 1. The summed E-state index contributed by atoms with van der Waals surface area (Å²) in [4.78, 5) is 3.18. The van der Waals surface area contributed by atoms with Crippen molar-refractivity contribution in [1.82, 2.24) is 4.90 Å². The van der Waals surface area contributed by atoms with E-state index in [9.17, 15) is 0 Å². The molecule has 0 N–H and O–H groups in total. The number of benzene rings is 2. The Balaban J connectivity index is 1.68. The summed E-state index contributed by atoms with van der Waals surface area (Å²) in [6, 6.07) is 13.5. The number of methoxy groups -OCH3 is 1. The van der Waals surface area contributed by atoms with Crippen molar-refractivity contribution in [2.45, 2.75) is 26.4 Å². The Morgan fingerprint density at radius 1 is 1.12 bits per heavy atom. The van der Waals surface area contributed by atoms with Gasteiger partial charge < -0.3 is 14.4 Å². The van der Waals surface area contributed by atoms with Gasteiger partial charge in [-0.25, -0.2) is 0 Å². The molecule has 0 spiro atoms. The van der Waals surface area contributed by atoms with Gasteiger partial charge in [-0.1, -0.05) is 42.9 Å². The lowest BCUT2D eigenvalue weighted by Gasteiger charge is -2.32. The van der Waals surface area contributed by atoms with Crippen LogP contribution in [0.25, 0.3) is 0 Å². The molecule has 3 rings (SSSR count). The second kappa shape index (κ2) is 8.74. The Morgan fingerprint density at radius 3 is 2.46 bits per heavy atom. The fourth-order valence-corrected chi connectivity index (χ4v) is 3.49. The fourth-order valence-electron chi connectivity index (χ4n) is 3.06. The number of halogens is 1. The molecule has 2 aromatic carbocycles. The van der Waals surface area contributed by atoms with E-state index < -0.39 is 0 Å². The number of hydrogen-bond donors (Lipinski definition) is 0. The Morgan fingerprint density at radius 2 is 1.81 bits per heavy atom. The third kappa shape index (κ3) is 4.68. The highest BCUT2D eigenvalue weighted by molar-refractivity contribution is 7.80. The zero-order valence-corrected chi connectivity index (χ0v) is 16.8. The number of hydrogen-bond acceptors (Lipinski definition) is 3. The Labute approximate surface area is 165 Å². The van der Waals surface area contributed by atoms with Crippen LogP contribution in [0, 0.1) is 5.92 Å². The summed E-state index contributed by atoms with van der Waals surface area (Å²) in [7, 11) is 1.65. The van der Waals surface area contributed by atoms with Gasteiger partial charge in [-0.15, -0.1) is 0 Å². The van der Waals surface area contributed by atoms with Crippen molar-refractivity contribution in [2.24, 2.45) is 5.92 Å². The number of rotatable bonds is 5. The third-order valence-electron chi connectivity index (χ3n) is 4.79. The molecule has 3 nitrogen and oxygen atoms in total. The molecule has 0 atom stereocenters. The highest BCUT2D eigenvalue weighted by Gasteiger charge is 2.19. The summed E-state index contributed by atoms with van der Waals surface area (Å²) in [5, 5.41) is 0.719. The van der Waals surface area contributed by atoms with Gasteiger partial charge in [-0.3, -0.25) is 0 Å². The second-order valence-electron chi connectivity index (χ2n) is 6.76. The molecule has 0 saturated carbocycles. The van der Waals surface area contributed by atoms with Gasteiger partial charge in [0.25, 0.3) is 0 Å². The SMILES string of the molecule is COc1cc(C(=S)N2CCC(C)CC2)ccc1OCc1ccc(Cl)cc1. The maximum absolute atomic E-state index is 5.92. The van der Waals surface area contributed by atoms with Gasteiger partial charge in [0.1, 0.15) is 11.6 Å². The van der Waals surface area contributed by atoms with Crippen LogP contribution in [0.15, 0.2) is 42.5 Å². The highest BCUT2D eigenvalue weighted by atomic mass is 35.5. The minimum atomic E-state index is 0.460. The summed E-state index contributed by atoms with van der Waals surface area (Å²) in [6.45, 7) is 4.81. The van der Waals surface area contributed by atoms with Gasteiger partial charge in [0.15, 0.2) is 11.5 Å². The maximum Gasteiger partial charge on any atom is 0.161 e. The molecule has 0 unspecified atom stereocenters. The van der Waals surface area contributed by atoms with E-state index in [1.807, 2.05) is 42.5 Å². The van der Waals surface area contributed by atoms with Crippen molar-refractivity contribution in [3.05, 3.63) is 58.6 Å². The number of ether oxygens (including phenoxy) is 2. The average Bonchev–Trinajstić information content (AvgIpc) is 2.67. The van der Waals surface area contributed by atoms with E-state index in [0.29, 0.717) is 18.1 Å². The van der Waals surface area contributed by atoms with Crippen LogP contribution < -0.4 is 9.47 Å². The van der Waals surface area contributed by atoms with Crippen LogP contribution in [-0.2, 0) is 6.61 Å². The van der Waals surface area contributed by atoms with E-state index in [1.165, 1.54) is 12.8 Å². The first-order valence-corrected chi connectivity index (χ1v) is 9.70. The monoisotopic (exact) mass is 389 g/mol. The molecule has 1 heterocycles. The van der Waals surface area contributed by atoms with Gasteiger partial charge in [0, 0.05) is 23.7 Å². The molecule has 138 valence electrons. The van der Waals surface area contributed by atoms with Crippen molar-refractivity contribution in [3.8, 4) is 11.5 Å². The van der Waals surface area contributed by atoms with E-state index in [2.05, 4.69) is 11.8 Å². The van der Waals surface area contributed by atoms with Crippen molar-refractivity contribution < 1.29 is 9.47 Å². The standard InChI is InChI=1S/C21H24ClNO2S/c1-15-9-11-23(12-10-15)21(26)17-5-8-19(20(13-17)24-2)25-14-16-3-6-18(22)7-4-16/h3-8,13,15H,9-12,14H2,1-2H3. The number of likely N-dealkylation sites (tertiary alicyclic amines) is 1. The summed E-state index contributed by atoms with van der Waals surface area (Å²) < 4.78 is 11.4. The molecule has 0 aliphatic carbocycles. The quantitative estimate of drug-likeness (QED) is 0.644. The van der Waals surface area contributed by atoms with Crippen LogP contribution in [0.4, 0.5) is 0 Å². The predicted octanol–water partition coefficient (Wildman–Crippen LogP) is 5.34. The lowest BCUT2D eigenvalue weighted by atomic mass is 9.99. The Hall–Kier alpha value is -1.78. The van der Waals surface area contributed by atoms with Gasteiger partial charge in [-0.2, -0.15) is 0 Å². The van der Waals surface area contributed by atoms with Gasteiger partial charge in [0.05, 0.1) is 7.11 Å². The van der Waals surface area contributed by atoms with Crippen molar-refractivity contribution >= 4 is 28.8 Å². The van der Waals surface area contributed by atoms with Crippen LogP contribution in [-0.4, -0.2) is 30.1 Å². The Bertz CT molecular complexity index is 755. The van der Waals surface area contributed by atoms with E-state index in [-0.39, 0.29) is 0 Å².